The zero-order valence-corrected chi connectivity index (χ0v) is 12.0. The van der Waals surface area contributed by atoms with E-state index in [9.17, 15) is 8.42 Å². The highest BCUT2D eigenvalue weighted by atomic mass is 32.2. The Morgan fingerprint density at radius 1 is 1.28 bits per heavy atom. The molecule has 0 aliphatic heterocycles. The molecule has 3 rings (SSSR count). The van der Waals surface area contributed by atoms with Crippen molar-refractivity contribution < 1.29 is 8.42 Å². The molecule has 2 fully saturated rings. The SMILES string of the molecule is CS(=O)(=O)CCSc1nnc(C2CC2)n1C1CC1. The maximum atomic E-state index is 11.1. The molecule has 0 radical (unpaired) electrons. The van der Waals surface area contributed by atoms with Crippen molar-refractivity contribution in [2.24, 2.45) is 0 Å². The van der Waals surface area contributed by atoms with Crippen molar-refractivity contribution in [3.63, 3.8) is 0 Å². The average Bonchev–Trinajstić information content (AvgIpc) is 3.17. The monoisotopic (exact) mass is 287 g/mol. The van der Waals surface area contributed by atoms with E-state index in [0.29, 0.717) is 17.7 Å². The first-order valence-electron chi connectivity index (χ1n) is 6.30. The van der Waals surface area contributed by atoms with Crippen LogP contribution in [0.3, 0.4) is 0 Å². The van der Waals surface area contributed by atoms with Gasteiger partial charge in [0.1, 0.15) is 15.7 Å². The van der Waals surface area contributed by atoms with E-state index in [4.69, 9.17) is 0 Å². The van der Waals surface area contributed by atoms with Gasteiger partial charge in [0.2, 0.25) is 0 Å². The number of hydrogen-bond donors (Lipinski definition) is 0. The summed E-state index contributed by atoms with van der Waals surface area (Å²) in [6, 6.07) is 0.566. The van der Waals surface area contributed by atoms with Gasteiger partial charge in [0.15, 0.2) is 5.16 Å². The lowest BCUT2D eigenvalue weighted by Crippen LogP contribution is -2.07. The van der Waals surface area contributed by atoms with Gasteiger partial charge in [-0.05, 0) is 25.7 Å². The molecule has 2 aliphatic carbocycles. The molecule has 0 unspecified atom stereocenters. The fourth-order valence-corrected chi connectivity index (χ4v) is 4.17. The standard InChI is InChI=1S/C11H17N3O2S2/c1-18(15,16)7-6-17-11-13-12-10(8-2-3-8)14(11)9-4-5-9/h8-9H,2-7H2,1H3. The van der Waals surface area contributed by atoms with Gasteiger partial charge in [-0.25, -0.2) is 8.42 Å². The second-order valence-corrected chi connectivity index (χ2v) is 8.52. The van der Waals surface area contributed by atoms with Crippen LogP contribution in [0.5, 0.6) is 0 Å². The van der Waals surface area contributed by atoms with Crippen LogP contribution in [0, 0.1) is 0 Å². The average molecular weight is 287 g/mol. The summed E-state index contributed by atoms with van der Waals surface area (Å²) in [6.07, 6.45) is 6.13. The summed E-state index contributed by atoms with van der Waals surface area (Å²) in [7, 11) is -2.89. The van der Waals surface area contributed by atoms with Crippen LogP contribution in [0.15, 0.2) is 5.16 Å². The molecule has 0 bridgehead atoms. The second kappa shape index (κ2) is 4.52. The molecule has 0 spiro atoms. The van der Waals surface area contributed by atoms with Crippen LogP contribution in [0.25, 0.3) is 0 Å². The minimum Gasteiger partial charge on any atom is -0.303 e. The van der Waals surface area contributed by atoms with Gasteiger partial charge in [-0.2, -0.15) is 0 Å². The first-order valence-corrected chi connectivity index (χ1v) is 9.34. The molecule has 1 aromatic heterocycles. The van der Waals surface area contributed by atoms with E-state index in [1.807, 2.05) is 0 Å². The zero-order chi connectivity index (χ0) is 12.8. The smallest absolute Gasteiger partial charge is 0.191 e. The maximum Gasteiger partial charge on any atom is 0.191 e. The minimum atomic E-state index is -2.89. The molecule has 100 valence electrons. The lowest BCUT2D eigenvalue weighted by Gasteiger charge is -2.07. The van der Waals surface area contributed by atoms with Gasteiger partial charge in [0.05, 0.1) is 5.75 Å². The molecule has 2 saturated carbocycles. The van der Waals surface area contributed by atoms with E-state index in [2.05, 4.69) is 14.8 Å². The topological polar surface area (TPSA) is 64.8 Å². The molecule has 5 nitrogen and oxygen atoms in total. The van der Waals surface area contributed by atoms with E-state index >= 15 is 0 Å². The molecule has 0 saturated heterocycles. The molecule has 1 aromatic rings. The molecule has 0 aromatic carbocycles. The third-order valence-electron chi connectivity index (χ3n) is 3.23. The van der Waals surface area contributed by atoms with Gasteiger partial charge >= 0.3 is 0 Å². The maximum absolute atomic E-state index is 11.1. The summed E-state index contributed by atoms with van der Waals surface area (Å²) in [5, 5.41) is 9.44. The van der Waals surface area contributed by atoms with Crippen LogP contribution in [0.2, 0.25) is 0 Å². The molecular formula is C11H17N3O2S2. The molecule has 0 N–H and O–H groups in total. The third-order valence-corrected chi connectivity index (χ3v) is 5.38. The summed E-state index contributed by atoms with van der Waals surface area (Å²) in [5.74, 6) is 2.49. The first-order chi connectivity index (χ1) is 8.54. The van der Waals surface area contributed by atoms with Gasteiger partial charge in [0.25, 0.3) is 0 Å². The van der Waals surface area contributed by atoms with Gasteiger partial charge in [-0.3, -0.25) is 0 Å². The Balaban J connectivity index is 1.71. The van der Waals surface area contributed by atoms with E-state index in [0.717, 1.165) is 11.0 Å². The molecule has 7 heteroatoms. The highest BCUT2D eigenvalue weighted by molar-refractivity contribution is 8.00. The van der Waals surface area contributed by atoms with E-state index in [1.54, 1.807) is 0 Å². The highest BCUT2D eigenvalue weighted by Crippen LogP contribution is 2.45. The lowest BCUT2D eigenvalue weighted by molar-refractivity contribution is 0.603. The van der Waals surface area contributed by atoms with E-state index in [1.165, 1.54) is 43.7 Å². The third kappa shape index (κ3) is 2.88. The molecule has 0 atom stereocenters. The number of rotatable bonds is 6. The van der Waals surface area contributed by atoms with Crippen LogP contribution in [-0.2, 0) is 9.84 Å². The minimum absolute atomic E-state index is 0.202. The van der Waals surface area contributed by atoms with E-state index < -0.39 is 9.84 Å². The molecule has 1 heterocycles. The van der Waals surface area contributed by atoms with Crippen LogP contribution in [0.1, 0.15) is 43.5 Å². The van der Waals surface area contributed by atoms with Gasteiger partial charge in [-0.15, -0.1) is 10.2 Å². The van der Waals surface area contributed by atoms with Crippen molar-refractivity contribution >= 4 is 21.6 Å². The second-order valence-electron chi connectivity index (χ2n) is 5.19. The predicted octanol–water partition coefficient (Wildman–Crippen LogP) is 1.63. The predicted molar refractivity (Wildman–Crippen MR) is 70.7 cm³/mol. The Morgan fingerprint density at radius 2 is 2.00 bits per heavy atom. The molecule has 18 heavy (non-hydrogen) atoms. The van der Waals surface area contributed by atoms with Gasteiger partial charge in [0, 0.05) is 24.0 Å². The summed E-state index contributed by atoms with van der Waals surface area (Å²) in [6.45, 7) is 0. The van der Waals surface area contributed by atoms with Crippen LogP contribution >= 0.6 is 11.8 Å². The Kier molecular flexibility index (Phi) is 3.13. The Hall–Kier alpha value is -0.560. The normalized spacial score (nSPS) is 20.3. The molecule has 2 aliphatic rings. The van der Waals surface area contributed by atoms with Crippen molar-refractivity contribution in [2.45, 2.75) is 42.8 Å². The van der Waals surface area contributed by atoms with Crippen molar-refractivity contribution in [2.75, 3.05) is 17.8 Å². The highest BCUT2D eigenvalue weighted by Gasteiger charge is 2.36. The van der Waals surface area contributed by atoms with Crippen LogP contribution in [-0.4, -0.2) is 40.9 Å². The molecular weight excluding hydrogens is 270 g/mol. The summed E-state index contributed by atoms with van der Waals surface area (Å²) in [5.41, 5.74) is 0. The quantitative estimate of drug-likeness (QED) is 0.744. The fourth-order valence-electron chi connectivity index (χ4n) is 1.97. The number of nitrogens with zero attached hydrogens (tertiary/aromatic N) is 3. The largest absolute Gasteiger partial charge is 0.303 e. The Labute approximate surface area is 111 Å². The lowest BCUT2D eigenvalue weighted by atomic mass is 10.4. The van der Waals surface area contributed by atoms with Gasteiger partial charge < -0.3 is 4.57 Å². The van der Waals surface area contributed by atoms with Crippen molar-refractivity contribution in [3.05, 3.63) is 5.82 Å². The van der Waals surface area contributed by atoms with Crippen molar-refractivity contribution in [1.82, 2.24) is 14.8 Å². The number of thioether (sulfide) groups is 1. The van der Waals surface area contributed by atoms with Crippen molar-refractivity contribution in [3.8, 4) is 0 Å². The van der Waals surface area contributed by atoms with E-state index in [-0.39, 0.29) is 5.75 Å². The Bertz CT molecular complexity index is 545. The summed E-state index contributed by atoms with van der Waals surface area (Å²) in [4.78, 5) is 0. The van der Waals surface area contributed by atoms with Crippen LogP contribution in [0.4, 0.5) is 0 Å². The molecule has 0 amide bonds. The number of sulfone groups is 1. The zero-order valence-electron chi connectivity index (χ0n) is 10.4. The van der Waals surface area contributed by atoms with Gasteiger partial charge in [-0.1, -0.05) is 11.8 Å². The fraction of sp³-hybridized carbons (Fsp3) is 0.818. The van der Waals surface area contributed by atoms with Crippen LogP contribution < -0.4 is 0 Å². The first kappa shape index (κ1) is 12.5. The number of aromatic nitrogens is 3. The Morgan fingerprint density at radius 3 is 2.56 bits per heavy atom. The number of hydrogen-bond acceptors (Lipinski definition) is 5. The summed E-state index contributed by atoms with van der Waals surface area (Å²) < 4.78 is 24.5. The summed E-state index contributed by atoms with van der Waals surface area (Å²) >= 11 is 1.52. The van der Waals surface area contributed by atoms with Crippen molar-refractivity contribution in [1.29, 1.82) is 0 Å².